The maximum atomic E-state index is 5.73. The van der Waals surface area contributed by atoms with Crippen molar-refractivity contribution in [2.24, 2.45) is 23.2 Å². The summed E-state index contributed by atoms with van der Waals surface area (Å²) in [6, 6.07) is 0. The molecule has 0 radical (unpaired) electrons. The minimum atomic E-state index is 0.457. The molecule has 84 valence electrons. The van der Waals surface area contributed by atoms with Gasteiger partial charge in [-0.05, 0) is 54.1 Å². The highest BCUT2D eigenvalue weighted by Crippen LogP contribution is 2.69. The Labute approximate surface area is 96.5 Å². The third kappa shape index (κ3) is 0.851. The fraction of sp³-hybridized carbons (Fsp3) is 0.600. The average Bonchev–Trinajstić information content (AvgIpc) is 2.94. The van der Waals surface area contributed by atoms with Gasteiger partial charge in [-0.15, -0.1) is 0 Å². The van der Waals surface area contributed by atoms with Crippen LogP contribution < -0.4 is 0 Å². The minimum absolute atomic E-state index is 0.457. The van der Waals surface area contributed by atoms with Gasteiger partial charge in [0.05, 0.1) is 6.26 Å². The Morgan fingerprint density at radius 3 is 3.12 bits per heavy atom. The molecule has 0 bridgehead atoms. The van der Waals surface area contributed by atoms with Gasteiger partial charge in [-0.2, -0.15) is 0 Å². The van der Waals surface area contributed by atoms with Gasteiger partial charge < -0.3 is 4.42 Å². The molecule has 4 unspecified atom stereocenters. The molecule has 1 aromatic rings. The lowest BCUT2D eigenvalue weighted by atomic mass is 9.65. The summed E-state index contributed by atoms with van der Waals surface area (Å²) in [7, 11) is 0. The molecule has 1 nitrogen and oxygen atoms in total. The van der Waals surface area contributed by atoms with Crippen molar-refractivity contribution in [3.8, 4) is 0 Å². The third-order valence-electron chi connectivity index (χ3n) is 5.50. The molecule has 16 heavy (non-hydrogen) atoms. The van der Waals surface area contributed by atoms with E-state index in [0.29, 0.717) is 5.41 Å². The number of fused-ring (bicyclic) bond motifs is 4. The second-order valence-corrected chi connectivity index (χ2v) is 6.28. The van der Waals surface area contributed by atoms with E-state index in [1.54, 1.807) is 5.57 Å². The summed E-state index contributed by atoms with van der Waals surface area (Å²) in [5.74, 6) is 3.74. The van der Waals surface area contributed by atoms with Crippen molar-refractivity contribution in [3.05, 3.63) is 35.3 Å². The number of hydrogen-bond acceptors (Lipinski definition) is 1. The standard InChI is InChI=1S/C15H18O/c1-8-7-16-14-6-15(3)12(4-10(8)14)9(2)11-5-13(11)15/h7,11-13H,2,4-6H2,1,3H3. The highest BCUT2D eigenvalue weighted by molar-refractivity contribution is 5.40. The first kappa shape index (κ1) is 9.09. The van der Waals surface area contributed by atoms with Crippen molar-refractivity contribution in [1.82, 2.24) is 0 Å². The van der Waals surface area contributed by atoms with Crippen molar-refractivity contribution >= 4 is 0 Å². The lowest BCUT2D eigenvalue weighted by Crippen LogP contribution is -2.34. The molecular formula is C15H18O. The first-order valence-electron chi connectivity index (χ1n) is 6.36. The molecule has 0 amide bonds. The summed E-state index contributed by atoms with van der Waals surface area (Å²) in [5.41, 5.74) is 4.81. The number of furan rings is 1. The molecule has 0 aliphatic heterocycles. The summed E-state index contributed by atoms with van der Waals surface area (Å²) in [6.45, 7) is 8.99. The molecule has 0 aromatic carbocycles. The molecule has 0 N–H and O–H groups in total. The van der Waals surface area contributed by atoms with Crippen LogP contribution in [0.1, 0.15) is 30.2 Å². The van der Waals surface area contributed by atoms with Gasteiger partial charge in [-0.1, -0.05) is 19.1 Å². The average molecular weight is 214 g/mol. The van der Waals surface area contributed by atoms with E-state index in [-0.39, 0.29) is 0 Å². The SMILES string of the molecule is C=C1C2CC2C2(C)Cc3occ(C)c3CC12. The summed E-state index contributed by atoms with van der Waals surface area (Å²) in [6.07, 6.45) is 5.64. The maximum Gasteiger partial charge on any atom is 0.107 e. The van der Waals surface area contributed by atoms with Crippen LogP contribution in [0.3, 0.4) is 0 Å². The monoisotopic (exact) mass is 214 g/mol. The summed E-state index contributed by atoms with van der Waals surface area (Å²) < 4.78 is 5.73. The smallest absolute Gasteiger partial charge is 0.107 e. The highest BCUT2D eigenvalue weighted by atomic mass is 16.3. The molecule has 4 atom stereocenters. The molecule has 3 aliphatic carbocycles. The van der Waals surface area contributed by atoms with E-state index >= 15 is 0 Å². The Balaban J connectivity index is 1.84. The lowest BCUT2D eigenvalue weighted by molar-refractivity contribution is 0.174. The van der Waals surface area contributed by atoms with Gasteiger partial charge in [-0.3, -0.25) is 0 Å². The topological polar surface area (TPSA) is 13.1 Å². The molecule has 1 aromatic heterocycles. The van der Waals surface area contributed by atoms with Crippen molar-refractivity contribution < 1.29 is 4.42 Å². The van der Waals surface area contributed by atoms with Crippen LogP contribution in [0, 0.1) is 30.1 Å². The van der Waals surface area contributed by atoms with Gasteiger partial charge in [-0.25, -0.2) is 0 Å². The van der Waals surface area contributed by atoms with Crippen LogP contribution in [0.5, 0.6) is 0 Å². The maximum absolute atomic E-state index is 5.73. The highest BCUT2D eigenvalue weighted by Gasteiger charge is 2.63. The third-order valence-corrected chi connectivity index (χ3v) is 5.50. The fourth-order valence-corrected chi connectivity index (χ4v) is 4.39. The zero-order valence-electron chi connectivity index (χ0n) is 10.0. The molecule has 0 saturated heterocycles. The predicted octanol–water partition coefficient (Wildman–Crippen LogP) is 3.52. The minimum Gasteiger partial charge on any atom is -0.469 e. The van der Waals surface area contributed by atoms with Crippen LogP contribution in [0.25, 0.3) is 0 Å². The molecule has 2 saturated carbocycles. The number of hydrogen-bond donors (Lipinski definition) is 0. The van der Waals surface area contributed by atoms with E-state index in [4.69, 9.17) is 4.42 Å². The van der Waals surface area contributed by atoms with Gasteiger partial charge in [0.15, 0.2) is 0 Å². The first-order valence-corrected chi connectivity index (χ1v) is 6.36. The van der Waals surface area contributed by atoms with Crippen molar-refractivity contribution in [2.45, 2.75) is 33.1 Å². The lowest BCUT2D eigenvalue weighted by Gasteiger charge is -2.38. The van der Waals surface area contributed by atoms with E-state index < -0.39 is 0 Å². The van der Waals surface area contributed by atoms with Gasteiger partial charge >= 0.3 is 0 Å². The summed E-state index contributed by atoms with van der Waals surface area (Å²) in [4.78, 5) is 0. The van der Waals surface area contributed by atoms with Crippen LogP contribution in [-0.4, -0.2) is 0 Å². The second kappa shape index (κ2) is 2.47. The van der Waals surface area contributed by atoms with E-state index in [0.717, 1.165) is 24.2 Å². The Hall–Kier alpha value is -0.980. The fourth-order valence-electron chi connectivity index (χ4n) is 4.39. The van der Waals surface area contributed by atoms with Gasteiger partial charge in [0.1, 0.15) is 5.76 Å². The Morgan fingerprint density at radius 1 is 1.50 bits per heavy atom. The molecule has 4 rings (SSSR count). The Kier molecular flexibility index (Phi) is 1.40. The van der Waals surface area contributed by atoms with Crippen molar-refractivity contribution in [1.29, 1.82) is 0 Å². The van der Waals surface area contributed by atoms with Crippen LogP contribution in [0.15, 0.2) is 22.8 Å². The van der Waals surface area contributed by atoms with E-state index in [2.05, 4.69) is 20.4 Å². The van der Waals surface area contributed by atoms with Crippen LogP contribution >= 0.6 is 0 Å². The van der Waals surface area contributed by atoms with Crippen molar-refractivity contribution in [3.63, 3.8) is 0 Å². The second-order valence-electron chi connectivity index (χ2n) is 6.28. The Bertz CT molecular complexity index is 496. The summed E-state index contributed by atoms with van der Waals surface area (Å²) >= 11 is 0. The quantitative estimate of drug-likeness (QED) is 0.602. The van der Waals surface area contributed by atoms with Gasteiger partial charge in [0.2, 0.25) is 0 Å². The Morgan fingerprint density at radius 2 is 2.31 bits per heavy atom. The molecule has 3 aliphatic rings. The van der Waals surface area contributed by atoms with Gasteiger partial charge in [0, 0.05) is 6.42 Å². The largest absolute Gasteiger partial charge is 0.469 e. The van der Waals surface area contributed by atoms with Crippen LogP contribution in [0.4, 0.5) is 0 Å². The summed E-state index contributed by atoms with van der Waals surface area (Å²) in [5, 5.41) is 0. The molecular weight excluding hydrogens is 196 g/mol. The predicted molar refractivity (Wildman–Crippen MR) is 63.2 cm³/mol. The van der Waals surface area contributed by atoms with E-state index in [9.17, 15) is 0 Å². The zero-order chi connectivity index (χ0) is 11.1. The first-order chi connectivity index (χ1) is 7.61. The number of allylic oxidation sites excluding steroid dienone is 1. The van der Waals surface area contributed by atoms with E-state index in [1.165, 1.54) is 29.7 Å². The van der Waals surface area contributed by atoms with Crippen LogP contribution in [0.2, 0.25) is 0 Å². The molecule has 2 fully saturated rings. The van der Waals surface area contributed by atoms with Crippen molar-refractivity contribution in [2.75, 3.05) is 0 Å². The molecule has 0 spiro atoms. The zero-order valence-corrected chi connectivity index (χ0v) is 10.0. The van der Waals surface area contributed by atoms with E-state index in [1.807, 2.05) is 6.26 Å². The number of aryl methyl sites for hydroxylation is 1. The van der Waals surface area contributed by atoms with Gasteiger partial charge in [0.25, 0.3) is 0 Å². The molecule has 1 heterocycles. The normalized spacial score (nSPS) is 43.9. The number of rotatable bonds is 0. The molecule has 1 heteroatoms. The van der Waals surface area contributed by atoms with Crippen LogP contribution in [-0.2, 0) is 12.8 Å².